The number of benzene rings is 4. The van der Waals surface area contributed by atoms with Crippen molar-refractivity contribution < 1.29 is 4.42 Å². The average Bonchev–Trinajstić information content (AvgIpc) is 3.20. The summed E-state index contributed by atoms with van der Waals surface area (Å²) in [6.45, 7) is 4.61. The van der Waals surface area contributed by atoms with Crippen molar-refractivity contribution in [1.82, 2.24) is 0 Å². The fraction of sp³-hybridized carbons (Fsp3) is 0.111. The van der Waals surface area contributed by atoms with E-state index in [2.05, 4.69) is 114 Å². The first kappa shape index (κ1) is 21.8. The quantitative estimate of drug-likeness (QED) is 0.353. The first-order chi connectivity index (χ1) is 15.8. The summed E-state index contributed by atoms with van der Waals surface area (Å²) >= 11 is 0. The Hall–Kier alpha value is -3.00. The summed E-state index contributed by atoms with van der Waals surface area (Å²) in [6, 6.07) is 21.5. The molecular formula is C27H27B5O. The Labute approximate surface area is 201 Å². The van der Waals surface area contributed by atoms with Gasteiger partial charge in [0.25, 0.3) is 0 Å². The van der Waals surface area contributed by atoms with Gasteiger partial charge in [-0.05, 0) is 45.9 Å². The molecule has 0 unspecified atom stereocenters. The highest BCUT2D eigenvalue weighted by Gasteiger charge is 2.23. The molecule has 0 saturated carbocycles. The molecule has 0 spiro atoms. The van der Waals surface area contributed by atoms with E-state index in [0.29, 0.717) is 5.92 Å². The third-order valence-corrected chi connectivity index (χ3v) is 7.63. The Morgan fingerprint density at radius 1 is 0.576 bits per heavy atom. The van der Waals surface area contributed by atoms with Gasteiger partial charge in [0.05, 0.1) is 0 Å². The molecule has 5 aromatic rings. The van der Waals surface area contributed by atoms with Gasteiger partial charge in [-0.25, -0.2) is 0 Å². The second-order valence-corrected chi connectivity index (χ2v) is 9.70. The number of hydrogen-bond donors (Lipinski definition) is 0. The van der Waals surface area contributed by atoms with Crippen LogP contribution in [-0.2, 0) is 0 Å². The maximum Gasteiger partial charge on any atom is 0.139 e. The lowest BCUT2D eigenvalue weighted by atomic mass is 9.59. The molecule has 0 fully saturated rings. The maximum absolute atomic E-state index is 6.42. The zero-order valence-corrected chi connectivity index (χ0v) is 20.8. The predicted octanol–water partition coefficient (Wildman–Crippen LogP) is -0.665. The van der Waals surface area contributed by atoms with Crippen LogP contribution in [0.4, 0.5) is 0 Å². The molecule has 156 valence electrons. The molecule has 1 heterocycles. The molecule has 1 nitrogen and oxygen atoms in total. The Morgan fingerprint density at radius 3 is 1.82 bits per heavy atom. The molecule has 1 aromatic heterocycles. The molecule has 0 atom stereocenters. The molecule has 0 amide bonds. The van der Waals surface area contributed by atoms with E-state index in [4.69, 9.17) is 4.42 Å². The Kier molecular flexibility index (Phi) is 5.36. The molecular weight excluding hydrogens is 394 g/mol. The molecule has 0 radical (unpaired) electrons. The van der Waals surface area contributed by atoms with Crippen LogP contribution >= 0.6 is 0 Å². The van der Waals surface area contributed by atoms with Gasteiger partial charge in [-0.15, -0.1) is 16.4 Å². The van der Waals surface area contributed by atoms with Gasteiger partial charge < -0.3 is 4.42 Å². The van der Waals surface area contributed by atoms with Crippen molar-refractivity contribution >= 4 is 88.5 Å². The fourth-order valence-electron chi connectivity index (χ4n) is 5.51. The minimum Gasteiger partial charge on any atom is -0.456 e. The molecule has 0 N–H and O–H groups in total. The predicted molar refractivity (Wildman–Crippen MR) is 160 cm³/mol. The summed E-state index contributed by atoms with van der Waals surface area (Å²) in [6.07, 6.45) is 0. The van der Waals surface area contributed by atoms with Crippen molar-refractivity contribution in [2.24, 2.45) is 0 Å². The van der Waals surface area contributed by atoms with E-state index in [0.717, 1.165) is 11.2 Å². The van der Waals surface area contributed by atoms with Crippen LogP contribution in [0.25, 0.3) is 44.2 Å². The molecule has 0 bridgehead atoms. The SMILES string of the molecule is Bc1c(B)c(B)c(-c2ccc3oc4cccc(-c5ccccc5)c4c3c2C(C)C)c(B)c1B. The lowest BCUT2D eigenvalue weighted by molar-refractivity contribution is 0.668. The standard InChI is InChI=1S/C27H27B5O/c1-13(2)19-16(21-23(28)25(30)27(32)26(31)24(21)29)11-12-18-22(19)20-15(9-6-10-17(20)33-18)14-7-4-3-5-8-14/h3-13H,28-32H2,1-2H3. The van der Waals surface area contributed by atoms with Crippen molar-refractivity contribution in [3.63, 3.8) is 0 Å². The summed E-state index contributed by atoms with van der Waals surface area (Å²) in [5.41, 5.74) is 15.4. The van der Waals surface area contributed by atoms with Crippen molar-refractivity contribution in [3.8, 4) is 22.3 Å². The molecule has 4 aromatic carbocycles. The van der Waals surface area contributed by atoms with Gasteiger partial charge in [-0.1, -0.05) is 73.3 Å². The van der Waals surface area contributed by atoms with Gasteiger partial charge in [0.15, 0.2) is 0 Å². The molecule has 0 aliphatic heterocycles. The zero-order valence-electron chi connectivity index (χ0n) is 20.8. The van der Waals surface area contributed by atoms with Gasteiger partial charge in [-0.2, -0.15) is 0 Å². The van der Waals surface area contributed by atoms with Crippen LogP contribution in [-0.4, -0.2) is 39.2 Å². The van der Waals surface area contributed by atoms with Crippen molar-refractivity contribution in [1.29, 1.82) is 0 Å². The van der Waals surface area contributed by atoms with Crippen molar-refractivity contribution in [2.75, 3.05) is 0 Å². The summed E-state index contributed by atoms with van der Waals surface area (Å²) in [5.74, 6) is 0.356. The Bertz CT molecular complexity index is 1500. The minimum absolute atomic E-state index is 0.356. The highest BCUT2D eigenvalue weighted by atomic mass is 16.3. The minimum atomic E-state index is 0.356. The molecule has 0 aliphatic carbocycles. The molecule has 0 saturated heterocycles. The number of hydrogen-bond acceptors (Lipinski definition) is 1. The smallest absolute Gasteiger partial charge is 0.139 e. The van der Waals surface area contributed by atoms with E-state index in [1.54, 1.807) is 0 Å². The van der Waals surface area contributed by atoms with Crippen molar-refractivity contribution in [2.45, 2.75) is 19.8 Å². The second-order valence-electron chi connectivity index (χ2n) is 9.70. The lowest BCUT2D eigenvalue weighted by Crippen LogP contribution is -2.55. The van der Waals surface area contributed by atoms with E-state index >= 15 is 0 Å². The summed E-state index contributed by atoms with van der Waals surface area (Å²) in [4.78, 5) is 0. The number of furan rings is 1. The third kappa shape index (κ3) is 3.30. The van der Waals surface area contributed by atoms with Crippen LogP contribution in [0.3, 0.4) is 0 Å². The summed E-state index contributed by atoms with van der Waals surface area (Å²) in [5, 5.41) is 2.48. The van der Waals surface area contributed by atoms with Crippen LogP contribution < -0.4 is 27.3 Å². The molecule has 0 aliphatic rings. The Balaban J connectivity index is 1.96. The van der Waals surface area contributed by atoms with E-state index < -0.39 is 0 Å². The van der Waals surface area contributed by atoms with Crippen LogP contribution in [0.5, 0.6) is 0 Å². The van der Waals surface area contributed by atoms with Gasteiger partial charge >= 0.3 is 0 Å². The first-order valence-corrected chi connectivity index (χ1v) is 11.9. The van der Waals surface area contributed by atoms with Gasteiger partial charge in [-0.3, -0.25) is 0 Å². The van der Waals surface area contributed by atoms with E-state index in [-0.39, 0.29) is 0 Å². The number of rotatable bonds is 3. The monoisotopic (exact) mass is 422 g/mol. The van der Waals surface area contributed by atoms with Crippen LogP contribution in [0.1, 0.15) is 25.3 Å². The van der Waals surface area contributed by atoms with Gasteiger partial charge in [0.1, 0.15) is 50.4 Å². The normalized spacial score (nSPS) is 11.6. The Morgan fingerprint density at radius 2 is 1.18 bits per heavy atom. The summed E-state index contributed by atoms with van der Waals surface area (Å²) < 4.78 is 6.42. The third-order valence-electron chi connectivity index (χ3n) is 7.63. The van der Waals surface area contributed by atoms with Crippen LogP contribution in [0.15, 0.2) is 65.1 Å². The molecule has 6 heteroatoms. The van der Waals surface area contributed by atoms with E-state index in [9.17, 15) is 0 Å². The molecule has 5 rings (SSSR count). The lowest BCUT2D eigenvalue weighted by Gasteiger charge is -2.24. The van der Waals surface area contributed by atoms with Gasteiger partial charge in [0, 0.05) is 10.8 Å². The highest BCUT2D eigenvalue weighted by molar-refractivity contribution is 6.68. The number of fused-ring (bicyclic) bond motifs is 3. The zero-order chi connectivity index (χ0) is 23.4. The molecule has 33 heavy (non-hydrogen) atoms. The average molecular weight is 422 g/mol. The topological polar surface area (TPSA) is 13.1 Å². The van der Waals surface area contributed by atoms with Crippen LogP contribution in [0.2, 0.25) is 0 Å². The van der Waals surface area contributed by atoms with Gasteiger partial charge in [0.2, 0.25) is 0 Å². The van der Waals surface area contributed by atoms with Crippen LogP contribution in [0, 0.1) is 0 Å². The van der Waals surface area contributed by atoms with Crippen molar-refractivity contribution in [3.05, 3.63) is 66.2 Å². The maximum atomic E-state index is 6.42. The second kappa shape index (κ2) is 8.10. The van der Waals surface area contributed by atoms with E-state index in [1.165, 1.54) is 65.9 Å². The first-order valence-electron chi connectivity index (χ1n) is 11.9. The fourth-order valence-corrected chi connectivity index (χ4v) is 5.51. The van der Waals surface area contributed by atoms with E-state index in [1.807, 2.05) is 0 Å². The largest absolute Gasteiger partial charge is 0.456 e. The highest BCUT2D eigenvalue weighted by Crippen LogP contribution is 2.43. The summed E-state index contributed by atoms with van der Waals surface area (Å²) in [7, 11) is 11.3.